The van der Waals surface area contributed by atoms with Crippen LogP contribution < -0.4 is 0 Å². The maximum atomic E-state index is 7.60. The zero-order valence-electron chi connectivity index (χ0n) is 9.32. The average Bonchev–Trinajstić information content (AvgIpc) is 2.08. The highest BCUT2D eigenvalue weighted by atomic mass is 14.0. The predicted molar refractivity (Wildman–Crippen MR) is 44.7 cm³/mol. The Morgan fingerprint density at radius 3 is 2.70 bits per heavy atom. The first-order chi connectivity index (χ1) is 6.13. The van der Waals surface area contributed by atoms with E-state index in [2.05, 4.69) is 11.8 Å². The third kappa shape index (κ3) is 3.56. The van der Waals surface area contributed by atoms with Gasteiger partial charge >= 0.3 is 0 Å². The van der Waals surface area contributed by atoms with Gasteiger partial charge in [-0.2, -0.15) is 0 Å². The van der Waals surface area contributed by atoms with E-state index in [0.717, 1.165) is 25.7 Å². The van der Waals surface area contributed by atoms with E-state index in [1.54, 1.807) is 0 Å². The largest absolute Gasteiger partial charge is 0.103 e. The molecular weight excluding hydrogens is 120 g/mol. The molecule has 0 saturated heterocycles. The first-order valence-electron chi connectivity index (χ1n) is 5.63. The fourth-order valence-electron chi connectivity index (χ4n) is 1.05. The van der Waals surface area contributed by atoms with Gasteiger partial charge in [0.15, 0.2) is 0 Å². The highest BCUT2D eigenvalue weighted by Crippen LogP contribution is 2.09. The highest BCUT2D eigenvalue weighted by Gasteiger charge is 1.91. The Hall–Kier alpha value is -0.440. The summed E-state index contributed by atoms with van der Waals surface area (Å²) in [7, 11) is 0. The van der Waals surface area contributed by atoms with Gasteiger partial charge in [0.25, 0.3) is 0 Å². The lowest BCUT2D eigenvalue weighted by Gasteiger charge is -1.99. The van der Waals surface area contributed by atoms with Crippen LogP contribution in [-0.2, 0) is 0 Å². The molecule has 0 aromatic heterocycles. The van der Waals surface area contributed by atoms with Crippen molar-refractivity contribution in [2.75, 3.05) is 0 Å². The molecule has 0 heterocycles. The maximum Gasteiger partial charge on any atom is 0.0402 e. The second-order valence-electron chi connectivity index (χ2n) is 2.60. The number of rotatable bonds is 0. The van der Waals surface area contributed by atoms with Crippen molar-refractivity contribution in [1.29, 1.82) is 0 Å². The van der Waals surface area contributed by atoms with Gasteiger partial charge in [-0.3, -0.25) is 0 Å². The minimum atomic E-state index is -1.60. The number of hydrogen-bond donors (Lipinski definition) is 0. The van der Waals surface area contributed by atoms with Gasteiger partial charge in [-0.25, -0.2) is 0 Å². The summed E-state index contributed by atoms with van der Waals surface area (Å²) in [6.45, 7) is 0. The second kappa shape index (κ2) is 5.35. The molecule has 0 aromatic carbocycles. The average molecular weight is 139 g/mol. The number of hydrogen-bond acceptors (Lipinski definition) is 0. The standard InChI is InChI=1S/C10H16/c1-2-4-6-8-10-9-7-5-3-1/h1-8H2/i5D,7D2. The first kappa shape index (κ1) is 4.44. The van der Waals surface area contributed by atoms with Crippen molar-refractivity contribution < 1.29 is 4.11 Å². The zero-order chi connectivity index (χ0) is 9.73. The minimum Gasteiger partial charge on any atom is -0.103 e. The van der Waals surface area contributed by atoms with Gasteiger partial charge in [-0.05, 0) is 12.8 Å². The molecule has 1 rings (SSSR count). The zero-order valence-corrected chi connectivity index (χ0v) is 6.32. The monoisotopic (exact) mass is 139 g/mol. The molecule has 0 aromatic rings. The van der Waals surface area contributed by atoms with Crippen molar-refractivity contribution in [3.8, 4) is 11.8 Å². The van der Waals surface area contributed by atoms with Crippen molar-refractivity contribution >= 4 is 0 Å². The molecule has 0 fully saturated rings. The van der Waals surface area contributed by atoms with Crippen LogP contribution in [-0.4, -0.2) is 0 Å². The lowest BCUT2D eigenvalue weighted by molar-refractivity contribution is 0.600. The van der Waals surface area contributed by atoms with E-state index in [9.17, 15) is 0 Å². The van der Waals surface area contributed by atoms with Gasteiger partial charge < -0.3 is 0 Å². The van der Waals surface area contributed by atoms with Crippen molar-refractivity contribution in [2.45, 2.75) is 51.3 Å². The molecule has 0 heteroatoms. The van der Waals surface area contributed by atoms with Crippen LogP contribution in [0.5, 0.6) is 0 Å². The van der Waals surface area contributed by atoms with E-state index >= 15 is 0 Å². The molecular formula is C10H16. The molecule has 0 saturated carbocycles. The summed E-state index contributed by atoms with van der Waals surface area (Å²) in [6, 6.07) is 0. The molecule has 0 aliphatic heterocycles. The highest BCUT2D eigenvalue weighted by molar-refractivity contribution is 4.98. The third-order valence-electron chi connectivity index (χ3n) is 1.66. The van der Waals surface area contributed by atoms with E-state index in [0.29, 0.717) is 6.42 Å². The fraction of sp³-hybridized carbons (Fsp3) is 0.800. The van der Waals surface area contributed by atoms with E-state index in [1.807, 2.05) is 0 Å². The third-order valence-corrected chi connectivity index (χ3v) is 1.66. The SMILES string of the molecule is [2H]C1CCCCCCC#CC1([2H])[2H]. The topological polar surface area (TPSA) is 0 Å². The van der Waals surface area contributed by atoms with Gasteiger partial charge in [0.2, 0.25) is 0 Å². The lowest BCUT2D eigenvalue weighted by Crippen LogP contribution is -1.81. The molecule has 0 bridgehead atoms. The van der Waals surface area contributed by atoms with Gasteiger partial charge in [-0.1, -0.05) is 25.7 Å². The summed E-state index contributed by atoms with van der Waals surface area (Å²) >= 11 is 0. The molecule has 56 valence electrons. The van der Waals surface area contributed by atoms with Crippen LogP contribution in [0.4, 0.5) is 0 Å². The quantitative estimate of drug-likeness (QED) is 0.452. The first-order valence-corrected chi connectivity index (χ1v) is 4.05. The van der Waals surface area contributed by atoms with E-state index in [4.69, 9.17) is 4.11 Å². The van der Waals surface area contributed by atoms with Gasteiger partial charge in [0, 0.05) is 16.9 Å². The summed E-state index contributed by atoms with van der Waals surface area (Å²) < 4.78 is 22.7. The fourth-order valence-corrected chi connectivity index (χ4v) is 1.05. The van der Waals surface area contributed by atoms with Crippen LogP contribution in [0.2, 0.25) is 0 Å². The molecule has 0 N–H and O–H groups in total. The summed E-state index contributed by atoms with van der Waals surface area (Å²) in [4.78, 5) is 0. The Morgan fingerprint density at radius 2 is 1.70 bits per heavy atom. The summed E-state index contributed by atoms with van der Waals surface area (Å²) in [5, 5.41) is 0. The molecule has 10 heavy (non-hydrogen) atoms. The van der Waals surface area contributed by atoms with Crippen molar-refractivity contribution in [3.05, 3.63) is 0 Å². The van der Waals surface area contributed by atoms with Crippen LogP contribution in [0.25, 0.3) is 0 Å². The van der Waals surface area contributed by atoms with Crippen LogP contribution in [0.1, 0.15) is 55.4 Å². The Kier molecular flexibility index (Phi) is 2.38. The van der Waals surface area contributed by atoms with Crippen molar-refractivity contribution in [1.82, 2.24) is 0 Å². The molecule has 0 amide bonds. The summed E-state index contributed by atoms with van der Waals surface area (Å²) in [6.07, 6.45) is 3.49. The Morgan fingerprint density at radius 1 is 0.900 bits per heavy atom. The maximum absolute atomic E-state index is 7.60. The summed E-state index contributed by atoms with van der Waals surface area (Å²) in [5.74, 6) is 5.40. The Bertz CT molecular complexity index is 212. The smallest absolute Gasteiger partial charge is 0.0402 e. The molecule has 0 radical (unpaired) electrons. The van der Waals surface area contributed by atoms with Crippen molar-refractivity contribution in [3.63, 3.8) is 0 Å². The molecule has 1 unspecified atom stereocenters. The van der Waals surface area contributed by atoms with Crippen LogP contribution >= 0.6 is 0 Å². The van der Waals surface area contributed by atoms with E-state index in [-0.39, 0.29) is 0 Å². The normalized spacial score (nSPS) is 37.6. The van der Waals surface area contributed by atoms with E-state index < -0.39 is 12.8 Å². The summed E-state index contributed by atoms with van der Waals surface area (Å²) in [5.41, 5.74) is 0. The van der Waals surface area contributed by atoms with E-state index in [1.165, 1.54) is 6.42 Å². The second-order valence-corrected chi connectivity index (χ2v) is 2.60. The lowest BCUT2D eigenvalue weighted by atomic mass is 10.1. The molecule has 1 aliphatic rings. The van der Waals surface area contributed by atoms with Gasteiger partial charge in [0.1, 0.15) is 0 Å². The predicted octanol–water partition coefficient (Wildman–Crippen LogP) is 3.12. The van der Waals surface area contributed by atoms with Crippen LogP contribution in [0.3, 0.4) is 0 Å². The van der Waals surface area contributed by atoms with Crippen LogP contribution in [0.15, 0.2) is 0 Å². The molecule has 0 nitrogen and oxygen atoms in total. The van der Waals surface area contributed by atoms with Gasteiger partial charge in [0.05, 0.1) is 0 Å². The van der Waals surface area contributed by atoms with Crippen LogP contribution in [0, 0.1) is 11.8 Å². The minimum absolute atomic E-state index is 0.641. The molecule has 1 atom stereocenters. The Balaban J connectivity index is 2.63. The Labute approximate surface area is 68.2 Å². The molecule has 0 spiro atoms. The van der Waals surface area contributed by atoms with Crippen molar-refractivity contribution in [2.24, 2.45) is 0 Å². The molecule has 1 aliphatic carbocycles. The van der Waals surface area contributed by atoms with Gasteiger partial charge in [-0.15, -0.1) is 11.8 Å².